The van der Waals surface area contributed by atoms with E-state index in [9.17, 15) is 9.18 Å². The highest BCUT2D eigenvalue weighted by atomic mass is 19.1. The Morgan fingerprint density at radius 1 is 1.12 bits per heavy atom. The topological polar surface area (TPSA) is 72.6 Å². The summed E-state index contributed by atoms with van der Waals surface area (Å²) in [5.41, 5.74) is 1.97. The summed E-state index contributed by atoms with van der Waals surface area (Å²) >= 11 is 0. The number of piperidine rings is 1. The van der Waals surface area contributed by atoms with Crippen LogP contribution in [0.1, 0.15) is 33.8 Å². The van der Waals surface area contributed by atoms with Gasteiger partial charge in [0.1, 0.15) is 11.6 Å². The van der Waals surface area contributed by atoms with Crippen molar-refractivity contribution in [1.29, 1.82) is 0 Å². The van der Waals surface area contributed by atoms with Crippen LogP contribution in [0.4, 0.5) is 4.39 Å². The third-order valence-corrected chi connectivity index (χ3v) is 6.16. The fourth-order valence-corrected chi connectivity index (χ4v) is 4.44. The number of aromatic nitrogens is 1. The molecule has 2 aliphatic heterocycles. The molecule has 7 heteroatoms. The highest BCUT2D eigenvalue weighted by Crippen LogP contribution is 2.36. The van der Waals surface area contributed by atoms with Crippen molar-refractivity contribution in [1.82, 2.24) is 10.3 Å². The van der Waals surface area contributed by atoms with Gasteiger partial charge in [0, 0.05) is 37.3 Å². The maximum absolute atomic E-state index is 14.5. The van der Waals surface area contributed by atoms with E-state index >= 15 is 0 Å². The second-order valence-corrected chi connectivity index (χ2v) is 8.24. The van der Waals surface area contributed by atoms with Crippen LogP contribution in [0, 0.1) is 11.7 Å². The predicted octanol–water partition coefficient (Wildman–Crippen LogP) is 4.08. The molecule has 32 heavy (non-hydrogen) atoms. The number of nitrogens with one attached hydrogen (secondary N) is 2. The Labute approximate surface area is 185 Å². The van der Waals surface area contributed by atoms with E-state index in [0.29, 0.717) is 12.4 Å². The number of carbonyl (C=O) groups excluding carboxylic acids is 1. The molecule has 2 N–H and O–H groups in total. The molecule has 1 saturated heterocycles. The average molecular weight is 436 g/mol. The second-order valence-electron chi connectivity index (χ2n) is 8.24. The number of halogens is 1. The first-order valence-electron chi connectivity index (χ1n) is 10.8. The standard InChI is InChI=1S/C25H25FN2O4/c26-22-3-1-17(10-21(22)23(29)9-16-5-7-27-12-16)20-6-8-28-13-18(20)14-30-19-2-4-24-25(11-19)32-15-31-24/h1-5,7,10-12,18,20,27-28H,6,8-9,13-15H2/t18-,20-/m0/s1. The molecule has 0 unspecified atom stereocenters. The van der Waals surface area contributed by atoms with Crippen LogP contribution in [0.5, 0.6) is 17.2 Å². The fraction of sp³-hybridized carbons (Fsp3) is 0.320. The number of aromatic amines is 1. The minimum atomic E-state index is -0.476. The number of H-pyrrole nitrogens is 1. The molecule has 0 radical (unpaired) electrons. The molecule has 1 aromatic heterocycles. The third-order valence-electron chi connectivity index (χ3n) is 6.16. The molecule has 166 valence electrons. The van der Waals surface area contributed by atoms with Gasteiger partial charge in [0.2, 0.25) is 6.79 Å². The Bertz CT molecular complexity index is 1100. The summed E-state index contributed by atoms with van der Waals surface area (Å²) in [5.74, 6) is 1.79. The van der Waals surface area contributed by atoms with Crippen molar-refractivity contribution >= 4 is 5.78 Å². The highest BCUT2D eigenvalue weighted by molar-refractivity contribution is 5.97. The van der Waals surface area contributed by atoms with Crippen LogP contribution in [0.25, 0.3) is 0 Å². The molecule has 2 aliphatic rings. The molecule has 0 bridgehead atoms. The van der Waals surface area contributed by atoms with Gasteiger partial charge in [-0.3, -0.25) is 4.79 Å². The van der Waals surface area contributed by atoms with Gasteiger partial charge < -0.3 is 24.5 Å². The number of hydrogen-bond donors (Lipinski definition) is 2. The van der Waals surface area contributed by atoms with Gasteiger partial charge in [-0.15, -0.1) is 0 Å². The van der Waals surface area contributed by atoms with E-state index in [1.165, 1.54) is 6.07 Å². The summed E-state index contributed by atoms with van der Waals surface area (Å²) in [4.78, 5) is 15.7. The number of rotatable bonds is 7. The minimum absolute atomic E-state index is 0.151. The van der Waals surface area contributed by atoms with Crippen molar-refractivity contribution < 1.29 is 23.4 Å². The first-order valence-corrected chi connectivity index (χ1v) is 10.8. The van der Waals surface area contributed by atoms with E-state index in [1.807, 2.05) is 24.3 Å². The predicted molar refractivity (Wildman–Crippen MR) is 117 cm³/mol. The van der Waals surface area contributed by atoms with Crippen LogP contribution in [0.2, 0.25) is 0 Å². The van der Waals surface area contributed by atoms with E-state index in [-0.39, 0.29) is 36.4 Å². The molecule has 2 aromatic carbocycles. The van der Waals surface area contributed by atoms with Crippen molar-refractivity contribution in [2.75, 3.05) is 26.5 Å². The number of hydrogen-bond acceptors (Lipinski definition) is 5. The molecular weight excluding hydrogens is 411 g/mol. The molecule has 0 spiro atoms. The monoisotopic (exact) mass is 436 g/mol. The van der Waals surface area contributed by atoms with E-state index in [1.54, 1.807) is 24.5 Å². The summed E-state index contributed by atoms with van der Waals surface area (Å²) in [6.45, 7) is 2.39. The molecule has 2 atom stereocenters. The first kappa shape index (κ1) is 20.6. The Balaban J connectivity index is 1.31. The molecule has 1 fully saturated rings. The molecular formula is C25H25FN2O4. The van der Waals surface area contributed by atoms with Gasteiger partial charge in [-0.05, 0) is 60.3 Å². The van der Waals surface area contributed by atoms with Crippen molar-refractivity contribution in [2.24, 2.45) is 5.92 Å². The van der Waals surface area contributed by atoms with Gasteiger partial charge in [-0.25, -0.2) is 4.39 Å². The van der Waals surface area contributed by atoms with Crippen molar-refractivity contribution in [3.8, 4) is 17.2 Å². The van der Waals surface area contributed by atoms with Gasteiger partial charge in [-0.2, -0.15) is 0 Å². The summed E-state index contributed by atoms with van der Waals surface area (Å²) in [7, 11) is 0. The summed E-state index contributed by atoms with van der Waals surface area (Å²) in [5, 5.41) is 3.42. The van der Waals surface area contributed by atoms with Crippen LogP contribution in [-0.4, -0.2) is 37.3 Å². The molecule has 3 aromatic rings. The number of Topliss-reactive ketones (excluding diaryl/α,β-unsaturated/α-hetero) is 1. The fourth-order valence-electron chi connectivity index (χ4n) is 4.44. The van der Waals surface area contributed by atoms with E-state index in [2.05, 4.69) is 10.3 Å². The van der Waals surface area contributed by atoms with Gasteiger partial charge in [0.15, 0.2) is 17.3 Å². The first-order chi connectivity index (χ1) is 15.7. The molecule has 0 amide bonds. The zero-order valence-corrected chi connectivity index (χ0v) is 17.6. The smallest absolute Gasteiger partial charge is 0.231 e. The lowest BCUT2D eigenvalue weighted by Gasteiger charge is -2.32. The maximum atomic E-state index is 14.5. The van der Waals surface area contributed by atoms with Gasteiger partial charge in [0.25, 0.3) is 0 Å². The lowest BCUT2D eigenvalue weighted by molar-refractivity contribution is 0.0989. The molecule has 3 heterocycles. The Morgan fingerprint density at radius 3 is 2.91 bits per heavy atom. The van der Waals surface area contributed by atoms with Crippen LogP contribution in [0.15, 0.2) is 54.9 Å². The van der Waals surface area contributed by atoms with Gasteiger partial charge in [-0.1, -0.05) is 6.07 Å². The molecule has 5 rings (SSSR count). The normalized spacial score (nSPS) is 19.7. The van der Waals surface area contributed by atoms with Crippen molar-refractivity contribution in [2.45, 2.75) is 18.8 Å². The number of ether oxygens (including phenoxy) is 3. The number of benzene rings is 2. The van der Waals surface area contributed by atoms with Crippen molar-refractivity contribution in [3.05, 3.63) is 77.4 Å². The lowest BCUT2D eigenvalue weighted by atomic mass is 9.80. The van der Waals surface area contributed by atoms with E-state index in [4.69, 9.17) is 14.2 Å². The molecule has 0 saturated carbocycles. The van der Waals surface area contributed by atoms with E-state index in [0.717, 1.165) is 42.1 Å². The van der Waals surface area contributed by atoms with Crippen LogP contribution in [-0.2, 0) is 6.42 Å². The zero-order chi connectivity index (χ0) is 21.9. The largest absolute Gasteiger partial charge is 0.493 e. The minimum Gasteiger partial charge on any atom is -0.493 e. The molecule has 0 aliphatic carbocycles. The van der Waals surface area contributed by atoms with Crippen LogP contribution in [0.3, 0.4) is 0 Å². The van der Waals surface area contributed by atoms with E-state index < -0.39 is 5.82 Å². The average Bonchev–Trinajstić information content (AvgIpc) is 3.50. The number of ketones is 1. The summed E-state index contributed by atoms with van der Waals surface area (Å²) in [6.07, 6.45) is 4.59. The second kappa shape index (κ2) is 9.04. The maximum Gasteiger partial charge on any atom is 0.231 e. The van der Waals surface area contributed by atoms with Gasteiger partial charge >= 0.3 is 0 Å². The Morgan fingerprint density at radius 2 is 2.03 bits per heavy atom. The van der Waals surface area contributed by atoms with Crippen LogP contribution >= 0.6 is 0 Å². The zero-order valence-electron chi connectivity index (χ0n) is 17.6. The quantitative estimate of drug-likeness (QED) is 0.546. The Hall–Kier alpha value is -3.32. The number of fused-ring (bicyclic) bond motifs is 1. The summed E-state index contributed by atoms with van der Waals surface area (Å²) < 4.78 is 31.3. The van der Waals surface area contributed by atoms with Gasteiger partial charge in [0.05, 0.1) is 12.2 Å². The lowest BCUT2D eigenvalue weighted by Crippen LogP contribution is -2.38. The summed E-state index contributed by atoms with van der Waals surface area (Å²) in [6, 6.07) is 12.3. The third kappa shape index (κ3) is 4.34. The SMILES string of the molecule is O=C(Cc1cc[nH]c1)c1cc([C@@H]2CCNC[C@H]2COc2ccc3c(c2)OCO3)ccc1F. The van der Waals surface area contributed by atoms with Crippen molar-refractivity contribution in [3.63, 3.8) is 0 Å². The number of carbonyl (C=O) groups is 1. The highest BCUT2D eigenvalue weighted by Gasteiger charge is 2.28. The Kier molecular flexibility index (Phi) is 5.81. The molecule has 6 nitrogen and oxygen atoms in total. The van der Waals surface area contributed by atoms with Crippen LogP contribution < -0.4 is 19.5 Å².